The van der Waals surface area contributed by atoms with Crippen LogP contribution in [0.4, 0.5) is 5.82 Å². The third-order valence-corrected chi connectivity index (χ3v) is 2.58. The third kappa shape index (κ3) is 2.05. The lowest BCUT2D eigenvalue weighted by molar-refractivity contribution is 0.636. The highest BCUT2D eigenvalue weighted by Gasteiger charge is 2.07. The van der Waals surface area contributed by atoms with E-state index in [-0.39, 0.29) is 0 Å². The Balaban J connectivity index is 2.33. The molecule has 2 aromatic heterocycles. The van der Waals surface area contributed by atoms with Crippen LogP contribution in [0.1, 0.15) is 19.8 Å². The van der Waals surface area contributed by atoms with Crippen LogP contribution in [0, 0.1) is 0 Å². The minimum Gasteiger partial charge on any atom is -0.383 e. The second-order valence-electron chi connectivity index (χ2n) is 3.76. The lowest BCUT2D eigenvalue weighted by Crippen LogP contribution is -2.01. The van der Waals surface area contributed by atoms with Crippen LogP contribution in [-0.2, 0) is 6.54 Å². The monoisotopic (exact) mass is 216 g/mol. The number of nitrogen functional groups attached to an aromatic ring is 1. The molecule has 0 aromatic carbocycles. The van der Waals surface area contributed by atoms with Gasteiger partial charge in [-0.3, -0.25) is 0 Å². The molecule has 4 heteroatoms. The van der Waals surface area contributed by atoms with Crippen LogP contribution in [-0.4, -0.2) is 14.5 Å². The highest BCUT2D eigenvalue weighted by molar-refractivity contribution is 5.70. The van der Waals surface area contributed by atoms with Crippen LogP contribution in [0.3, 0.4) is 0 Å². The van der Waals surface area contributed by atoms with E-state index in [0.717, 1.165) is 24.2 Å². The van der Waals surface area contributed by atoms with Gasteiger partial charge in [-0.15, -0.1) is 0 Å². The molecule has 0 amide bonds. The number of rotatable bonds is 4. The normalized spacial score (nSPS) is 10.6. The summed E-state index contributed by atoms with van der Waals surface area (Å²) in [6, 6.07) is 3.87. The molecule has 0 aliphatic carbocycles. The van der Waals surface area contributed by atoms with Crippen LogP contribution in [0.25, 0.3) is 11.3 Å². The molecule has 0 radical (unpaired) electrons. The summed E-state index contributed by atoms with van der Waals surface area (Å²) >= 11 is 0. The van der Waals surface area contributed by atoms with Gasteiger partial charge >= 0.3 is 0 Å². The number of imidazole rings is 1. The number of unbranched alkanes of at least 4 members (excludes halogenated alkanes) is 1. The molecule has 2 N–H and O–H groups in total. The predicted octanol–water partition coefficient (Wildman–Crippen LogP) is 2.33. The maximum absolute atomic E-state index is 5.86. The molecule has 2 rings (SSSR count). The van der Waals surface area contributed by atoms with Crippen LogP contribution in [0.5, 0.6) is 0 Å². The average molecular weight is 216 g/mol. The van der Waals surface area contributed by atoms with Crippen LogP contribution in [0.2, 0.25) is 0 Å². The molecule has 0 saturated carbocycles. The van der Waals surface area contributed by atoms with Crippen molar-refractivity contribution in [3.63, 3.8) is 0 Å². The van der Waals surface area contributed by atoms with E-state index in [0.29, 0.717) is 5.82 Å². The highest BCUT2D eigenvalue weighted by Crippen LogP contribution is 2.23. The minimum atomic E-state index is 0.556. The standard InChI is InChI=1S/C12H16N4/c1-2-3-7-16-9-14-8-11(16)10-5-4-6-15-12(10)13/h4-6,8-9H,2-3,7H2,1H3,(H2,13,15). The Labute approximate surface area is 95.1 Å². The van der Waals surface area contributed by atoms with Crippen molar-refractivity contribution in [3.8, 4) is 11.3 Å². The molecule has 0 spiro atoms. The second-order valence-corrected chi connectivity index (χ2v) is 3.76. The zero-order chi connectivity index (χ0) is 11.4. The quantitative estimate of drug-likeness (QED) is 0.853. The molecule has 0 saturated heterocycles. The summed E-state index contributed by atoms with van der Waals surface area (Å²) in [7, 11) is 0. The third-order valence-electron chi connectivity index (χ3n) is 2.58. The van der Waals surface area contributed by atoms with Crippen LogP contribution < -0.4 is 5.73 Å². The van der Waals surface area contributed by atoms with Crippen molar-refractivity contribution in [2.45, 2.75) is 26.3 Å². The van der Waals surface area contributed by atoms with E-state index in [2.05, 4.69) is 21.5 Å². The van der Waals surface area contributed by atoms with Gasteiger partial charge in [0.15, 0.2) is 0 Å². The molecule has 2 aromatic rings. The minimum absolute atomic E-state index is 0.556. The number of aromatic nitrogens is 3. The molecule has 16 heavy (non-hydrogen) atoms. The van der Waals surface area contributed by atoms with E-state index in [1.165, 1.54) is 6.42 Å². The second kappa shape index (κ2) is 4.79. The van der Waals surface area contributed by atoms with Gasteiger partial charge in [0.1, 0.15) is 5.82 Å². The molecule has 0 aliphatic heterocycles. The van der Waals surface area contributed by atoms with Gasteiger partial charge in [0.05, 0.1) is 18.2 Å². The lowest BCUT2D eigenvalue weighted by atomic mass is 10.2. The van der Waals surface area contributed by atoms with Crippen molar-refractivity contribution in [3.05, 3.63) is 30.9 Å². The molecule has 0 bridgehead atoms. The topological polar surface area (TPSA) is 56.7 Å². The van der Waals surface area contributed by atoms with E-state index in [4.69, 9.17) is 5.73 Å². The lowest BCUT2D eigenvalue weighted by Gasteiger charge is -2.08. The van der Waals surface area contributed by atoms with Gasteiger partial charge in [-0.2, -0.15) is 0 Å². The summed E-state index contributed by atoms with van der Waals surface area (Å²) in [5, 5.41) is 0. The Hall–Kier alpha value is -1.84. The molecule has 0 fully saturated rings. The first-order valence-corrected chi connectivity index (χ1v) is 5.54. The molecule has 0 unspecified atom stereocenters. The number of nitrogens with zero attached hydrogens (tertiary/aromatic N) is 3. The van der Waals surface area contributed by atoms with Crippen LogP contribution >= 0.6 is 0 Å². The van der Waals surface area contributed by atoms with E-state index in [1.54, 1.807) is 6.20 Å². The zero-order valence-corrected chi connectivity index (χ0v) is 9.43. The van der Waals surface area contributed by atoms with Gasteiger partial charge in [-0.1, -0.05) is 13.3 Å². The van der Waals surface area contributed by atoms with Crippen molar-refractivity contribution in [2.75, 3.05) is 5.73 Å². The summed E-state index contributed by atoms with van der Waals surface area (Å²) in [5.74, 6) is 0.556. The Morgan fingerprint density at radius 1 is 1.44 bits per heavy atom. The number of hydrogen-bond acceptors (Lipinski definition) is 3. The first-order valence-electron chi connectivity index (χ1n) is 5.54. The number of aryl methyl sites for hydroxylation is 1. The Kier molecular flexibility index (Phi) is 3.19. The van der Waals surface area contributed by atoms with Crippen LogP contribution in [0.15, 0.2) is 30.9 Å². The zero-order valence-electron chi connectivity index (χ0n) is 9.43. The maximum atomic E-state index is 5.86. The molecule has 4 nitrogen and oxygen atoms in total. The number of anilines is 1. The first-order chi connectivity index (χ1) is 7.83. The van der Waals surface area contributed by atoms with E-state index < -0.39 is 0 Å². The summed E-state index contributed by atoms with van der Waals surface area (Å²) in [4.78, 5) is 8.27. The Morgan fingerprint density at radius 2 is 2.31 bits per heavy atom. The molecule has 2 heterocycles. The van der Waals surface area contributed by atoms with Gasteiger partial charge < -0.3 is 10.3 Å². The SMILES string of the molecule is CCCCn1cncc1-c1cccnc1N. The maximum Gasteiger partial charge on any atom is 0.132 e. The Morgan fingerprint density at radius 3 is 3.06 bits per heavy atom. The number of hydrogen-bond donors (Lipinski definition) is 1. The van der Waals surface area contributed by atoms with Gasteiger partial charge in [0.2, 0.25) is 0 Å². The van der Waals surface area contributed by atoms with Gasteiger partial charge in [0, 0.05) is 18.3 Å². The average Bonchev–Trinajstić information content (AvgIpc) is 2.75. The summed E-state index contributed by atoms with van der Waals surface area (Å²) in [5.41, 5.74) is 7.85. The first kappa shape index (κ1) is 10.7. The van der Waals surface area contributed by atoms with Crippen molar-refractivity contribution in [1.82, 2.24) is 14.5 Å². The van der Waals surface area contributed by atoms with E-state index in [9.17, 15) is 0 Å². The van der Waals surface area contributed by atoms with Crippen molar-refractivity contribution < 1.29 is 0 Å². The fourth-order valence-corrected chi connectivity index (χ4v) is 1.69. The predicted molar refractivity (Wildman–Crippen MR) is 64.8 cm³/mol. The molecular weight excluding hydrogens is 200 g/mol. The molecular formula is C12H16N4. The largest absolute Gasteiger partial charge is 0.383 e. The summed E-state index contributed by atoms with van der Waals surface area (Å²) in [6.07, 6.45) is 7.69. The molecule has 0 aliphatic rings. The van der Waals surface area contributed by atoms with E-state index in [1.807, 2.05) is 24.7 Å². The smallest absolute Gasteiger partial charge is 0.132 e. The Bertz CT molecular complexity index is 462. The van der Waals surface area contributed by atoms with Gasteiger partial charge in [-0.25, -0.2) is 9.97 Å². The summed E-state index contributed by atoms with van der Waals surface area (Å²) < 4.78 is 2.12. The highest BCUT2D eigenvalue weighted by atomic mass is 15.0. The van der Waals surface area contributed by atoms with Gasteiger partial charge in [-0.05, 0) is 18.6 Å². The summed E-state index contributed by atoms with van der Waals surface area (Å²) in [6.45, 7) is 3.15. The van der Waals surface area contributed by atoms with Crippen molar-refractivity contribution in [1.29, 1.82) is 0 Å². The number of pyridine rings is 1. The fraction of sp³-hybridized carbons (Fsp3) is 0.333. The fourth-order valence-electron chi connectivity index (χ4n) is 1.69. The van der Waals surface area contributed by atoms with E-state index >= 15 is 0 Å². The van der Waals surface area contributed by atoms with Crippen molar-refractivity contribution >= 4 is 5.82 Å². The number of nitrogens with two attached hydrogens (primary N) is 1. The molecule has 84 valence electrons. The van der Waals surface area contributed by atoms with Crippen molar-refractivity contribution in [2.24, 2.45) is 0 Å². The van der Waals surface area contributed by atoms with Gasteiger partial charge in [0.25, 0.3) is 0 Å². The molecule has 0 atom stereocenters.